The Morgan fingerprint density at radius 2 is 1.72 bits per heavy atom. The number of para-hydroxylation sites is 1. The van der Waals surface area contributed by atoms with Gasteiger partial charge in [0, 0.05) is 51.9 Å². The van der Waals surface area contributed by atoms with Crippen LogP contribution < -0.4 is 15.4 Å². The third kappa shape index (κ3) is 8.64. The molecule has 2 bridgehead atoms. The number of carbonyl (C=O) groups excluding carboxylic acids is 4. The first-order valence-corrected chi connectivity index (χ1v) is 17.6. The number of nitrogens with zero attached hydrogens (tertiary/aromatic N) is 3. The molecule has 0 saturated carbocycles. The molecule has 46 heavy (non-hydrogen) atoms. The summed E-state index contributed by atoms with van der Waals surface area (Å²) in [6.07, 6.45) is 3.20. The lowest BCUT2D eigenvalue weighted by Crippen LogP contribution is -2.49. The van der Waals surface area contributed by atoms with Crippen molar-refractivity contribution in [2.45, 2.75) is 49.2 Å². The van der Waals surface area contributed by atoms with E-state index in [0.29, 0.717) is 38.2 Å². The SMILES string of the molecule is CN1CC(=O)N[C@@H]2C[C@@H](C(=O)NCC[C@H]3CN(Cc4ccc(S(C)(=O)=O)cc4)CC[C@H]3CC1=O)N(C(=O)COc1ccccc1)C2. The van der Waals surface area contributed by atoms with Crippen molar-refractivity contribution in [3.63, 3.8) is 0 Å². The summed E-state index contributed by atoms with van der Waals surface area (Å²) in [6.45, 7) is 2.33. The van der Waals surface area contributed by atoms with Crippen molar-refractivity contribution in [2.24, 2.45) is 11.8 Å². The molecule has 0 spiro atoms. The highest BCUT2D eigenvalue weighted by molar-refractivity contribution is 7.90. The van der Waals surface area contributed by atoms with Crippen LogP contribution in [-0.2, 0) is 35.6 Å². The van der Waals surface area contributed by atoms with E-state index in [1.54, 1.807) is 31.3 Å². The minimum Gasteiger partial charge on any atom is -0.484 e. The summed E-state index contributed by atoms with van der Waals surface area (Å²) in [7, 11) is -1.65. The van der Waals surface area contributed by atoms with Crippen LogP contribution in [0, 0.1) is 11.8 Å². The van der Waals surface area contributed by atoms with Crippen molar-refractivity contribution >= 4 is 33.5 Å². The van der Waals surface area contributed by atoms with E-state index < -0.39 is 21.9 Å². The van der Waals surface area contributed by atoms with Gasteiger partial charge >= 0.3 is 0 Å². The predicted molar refractivity (Wildman–Crippen MR) is 170 cm³/mol. The Bertz CT molecular complexity index is 1520. The Hall–Kier alpha value is -3.97. The molecule has 13 heteroatoms. The molecule has 0 aromatic heterocycles. The minimum absolute atomic E-state index is 0.0774. The van der Waals surface area contributed by atoms with Crippen molar-refractivity contribution in [3.05, 3.63) is 60.2 Å². The minimum atomic E-state index is -3.28. The summed E-state index contributed by atoms with van der Waals surface area (Å²) < 4.78 is 29.4. The number of carbonyl (C=O) groups is 4. The zero-order chi connectivity index (χ0) is 32.8. The third-order valence-electron chi connectivity index (χ3n) is 9.19. The van der Waals surface area contributed by atoms with Crippen LogP contribution in [0.1, 0.15) is 31.2 Å². The van der Waals surface area contributed by atoms with Gasteiger partial charge in [-0.15, -0.1) is 0 Å². The molecular weight excluding hydrogens is 610 g/mol. The van der Waals surface area contributed by atoms with Crippen LogP contribution in [0.15, 0.2) is 59.5 Å². The molecule has 2 aromatic rings. The number of likely N-dealkylation sites (N-methyl/N-ethyl adjacent to an activating group) is 1. The molecular formula is C33H43N5O7S. The summed E-state index contributed by atoms with van der Waals surface area (Å²) in [6, 6.07) is 14.7. The van der Waals surface area contributed by atoms with Gasteiger partial charge in [0.2, 0.25) is 17.7 Å². The molecule has 3 fully saturated rings. The van der Waals surface area contributed by atoms with Crippen LogP contribution >= 0.6 is 0 Å². The van der Waals surface area contributed by atoms with Crippen LogP contribution in [0.4, 0.5) is 0 Å². The molecule has 3 saturated heterocycles. The fourth-order valence-corrected chi connectivity index (χ4v) is 7.29. The molecule has 2 aromatic carbocycles. The first-order chi connectivity index (χ1) is 22.0. The maximum absolute atomic E-state index is 13.5. The molecule has 12 nitrogen and oxygen atoms in total. The topological polar surface area (TPSA) is 145 Å². The molecule has 4 amide bonds. The number of fused-ring (bicyclic) bond motifs is 3. The van der Waals surface area contributed by atoms with Crippen molar-refractivity contribution in [3.8, 4) is 5.75 Å². The molecule has 5 rings (SSSR count). The smallest absolute Gasteiger partial charge is 0.261 e. The number of rotatable bonds is 6. The van der Waals surface area contributed by atoms with Gasteiger partial charge in [-0.1, -0.05) is 30.3 Å². The number of amides is 4. The van der Waals surface area contributed by atoms with Gasteiger partial charge in [0.15, 0.2) is 16.4 Å². The summed E-state index contributed by atoms with van der Waals surface area (Å²) >= 11 is 0. The predicted octanol–water partition coefficient (Wildman–Crippen LogP) is 1.06. The van der Waals surface area contributed by atoms with Gasteiger partial charge in [-0.25, -0.2) is 8.42 Å². The van der Waals surface area contributed by atoms with Gasteiger partial charge in [-0.3, -0.25) is 24.1 Å². The molecule has 248 valence electrons. The molecule has 3 aliphatic rings. The van der Waals surface area contributed by atoms with Gasteiger partial charge in [0.1, 0.15) is 11.8 Å². The largest absolute Gasteiger partial charge is 0.484 e. The second-order valence-corrected chi connectivity index (χ2v) is 14.7. The molecule has 3 heterocycles. The molecule has 2 N–H and O–H groups in total. The Balaban J connectivity index is 1.27. The van der Waals surface area contributed by atoms with E-state index in [-0.39, 0.29) is 66.5 Å². The number of nitrogens with one attached hydrogen (secondary N) is 2. The number of benzene rings is 2. The number of hydrogen-bond donors (Lipinski definition) is 2. The average Bonchev–Trinajstić information content (AvgIpc) is 3.44. The van der Waals surface area contributed by atoms with E-state index in [0.717, 1.165) is 18.5 Å². The van der Waals surface area contributed by atoms with E-state index in [1.807, 2.05) is 30.3 Å². The second-order valence-electron chi connectivity index (χ2n) is 12.7. The number of likely N-dealkylation sites (tertiary alicyclic amines) is 2. The first kappa shape index (κ1) is 33.4. The van der Waals surface area contributed by atoms with Crippen molar-refractivity contribution in [1.82, 2.24) is 25.3 Å². The summed E-state index contributed by atoms with van der Waals surface area (Å²) in [4.78, 5) is 58.4. The first-order valence-electron chi connectivity index (χ1n) is 15.8. The summed E-state index contributed by atoms with van der Waals surface area (Å²) in [5.74, 6) is -0.330. The zero-order valence-corrected chi connectivity index (χ0v) is 27.2. The summed E-state index contributed by atoms with van der Waals surface area (Å²) in [5.41, 5.74) is 0.995. The fraction of sp³-hybridized carbons (Fsp3) is 0.515. The standard InChI is InChI=1S/C33H43N5O7S/c1-36-21-30(39)35-26-17-29(38(20-26)32(41)22-45-27-6-4-3-5-7-27)33(42)34-14-12-25-19-37(15-13-24(25)16-31(36)40)18-23-8-10-28(11-9-23)46(2,43)44/h3-11,24-26,29H,12-22H2,1-2H3,(H,34,42)(H,35,39)/t24-,25-,26+,29-/m0/s1. The number of sulfone groups is 1. The van der Waals surface area contributed by atoms with Crippen LogP contribution in [0.2, 0.25) is 0 Å². The van der Waals surface area contributed by atoms with Gasteiger partial charge < -0.3 is 25.2 Å². The lowest BCUT2D eigenvalue weighted by Gasteiger charge is -2.39. The molecule has 0 radical (unpaired) electrons. The average molecular weight is 654 g/mol. The van der Waals surface area contributed by atoms with Crippen LogP contribution in [0.3, 0.4) is 0 Å². The highest BCUT2D eigenvalue weighted by Gasteiger charge is 2.41. The van der Waals surface area contributed by atoms with E-state index in [9.17, 15) is 27.6 Å². The Morgan fingerprint density at radius 3 is 2.43 bits per heavy atom. The number of ether oxygens (including phenoxy) is 1. The maximum atomic E-state index is 13.5. The van der Waals surface area contributed by atoms with Gasteiger partial charge in [0.25, 0.3) is 5.91 Å². The second kappa shape index (κ2) is 14.6. The summed E-state index contributed by atoms with van der Waals surface area (Å²) in [5, 5.41) is 5.95. The molecule has 0 aliphatic carbocycles. The molecule has 3 aliphatic heterocycles. The van der Waals surface area contributed by atoms with E-state index in [2.05, 4.69) is 15.5 Å². The normalized spacial score (nSPS) is 25.1. The van der Waals surface area contributed by atoms with Crippen molar-refractivity contribution in [1.29, 1.82) is 0 Å². The van der Waals surface area contributed by atoms with Crippen molar-refractivity contribution in [2.75, 3.05) is 52.6 Å². The number of hydrogen-bond acceptors (Lipinski definition) is 8. The van der Waals surface area contributed by atoms with E-state index in [4.69, 9.17) is 4.74 Å². The quantitative estimate of drug-likeness (QED) is 0.471. The fourth-order valence-electron chi connectivity index (χ4n) is 6.66. The van der Waals surface area contributed by atoms with Gasteiger partial charge in [-0.05, 0) is 67.5 Å². The third-order valence-corrected chi connectivity index (χ3v) is 10.3. The van der Waals surface area contributed by atoms with Crippen LogP contribution in [0.5, 0.6) is 5.75 Å². The Labute approximate surface area is 270 Å². The highest BCUT2D eigenvalue weighted by atomic mass is 32.2. The van der Waals surface area contributed by atoms with Gasteiger partial charge in [0.05, 0.1) is 11.4 Å². The molecule has 4 atom stereocenters. The van der Waals surface area contributed by atoms with Gasteiger partial charge in [-0.2, -0.15) is 0 Å². The molecule has 0 unspecified atom stereocenters. The number of piperidine rings is 1. The maximum Gasteiger partial charge on any atom is 0.261 e. The van der Waals surface area contributed by atoms with Crippen LogP contribution in [-0.4, -0.2) is 111 Å². The van der Waals surface area contributed by atoms with Crippen LogP contribution in [0.25, 0.3) is 0 Å². The lowest BCUT2D eigenvalue weighted by molar-refractivity contribution is -0.140. The Morgan fingerprint density at radius 1 is 0.978 bits per heavy atom. The Kier molecular flexibility index (Phi) is 10.6. The van der Waals surface area contributed by atoms with E-state index in [1.165, 1.54) is 16.1 Å². The van der Waals surface area contributed by atoms with E-state index >= 15 is 0 Å². The monoisotopic (exact) mass is 653 g/mol. The zero-order valence-electron chi connectivity index (χ0n) is 26.4. The highest BCUT2D eigenvalue weighted by Crippen LogP contribution is 2.31. The lowest BCUT2D eigenvalue weighted by atomic mass is 9.80. The van der Waals surface area contributed by atoms with Crippen molar-refractivity contribution < 1.29 is 32.3 Å².